The highest BCUT2D eigenvalue weighted by atomic mass is 35.5. The minimum absolute atomic E-state index is 0. The van der Waals surface area contributed by atoms with Gasteiger partial charge >= 0.3 is 0 Å². The molecule has 2 aromatic rings. The highest BCUT2D eigenvalue weighted by Gasteiger charge is 2.48. The fourth-order valence-electron chi connectivity index (χ4n) is 4.23. The Hall–Kier alpha value is -2.77. The van der Waals surface area contributed by atoms with Gasteiger partial charge in [-0.15, -0.1) is 0 Å². The standard InChI is InChI=1S/C24H23N3O3.ClH/c28-16-24(29)12-19(13-24)22-21-14-25-9-10-27(21)23(26-22)18-7-4-8-20(11-18)30-15-17-5-2-1-3-6-17;/h1-11,14,19,28-29H,12-13,15-16H2;1H. The van der Waals surface area contributed by atoms with E-state index in [1.54, 1.807) is 6.20 Å². The summed E-state index contributed by atoms with van der Waals surface area (Å²) in [7, 11) is 0. The molecule has 1 atom stereocenters. The fourth-order valence-corrected chi connectivity index (χ4v) is 4.23. The number of hydrogen-bond donors (Lipinski definition) is 3. The number of nitrogens with zero attached hydrogens (tertiary/aromatic N) is 2. The van der Waals surface area contributed by atoms with Crippen LogP contribution in [-0.4, -0.2) is 34.5 Å². The van der Waals surface area contributed by atoms with Crippen molar-refractivity contribution in [1.82, 2.24) is 0 Å². The minimum Gasteiger partial charge on any atom is -1.00 e. The molecule has 3 aliphatic rings. The second-order valence-electron chi connectivity index (χ2n) is 8.06. The zero-order valence-electron chi connectivity index (χ0n) is 16.9. The Balaban J connectivity index is 0.00000231. The van der Waals surface area contributed by atoms with E-state index in [0.29, 0.717) is 19.4 Å². The first-order valence-corrected chi connectivity index (χ1v) is 10.2. The lowest BCUT2D eigenvalue weighted by molar-refractivity contribution is -0.689. The molecule has 160 valence electrons. The molecule has 0 amide bonds. The first-order valence-electron chi connectivity index (χ1n) is 10.2. The molecule has 2 aromatic carbocycles. The number of aliphatic imine (C=N–C) groups is 2. The predicted octanol–water partition coefficient (Wildman–Crippen LogP) is -1.18. The van der Waals surface area contributed by atoms with E-state index in [9.17, 15) is 10.2 Å². The molecule has 31 heavy (non-hydrogen) atoms. The maximum atomic E-state index is 10.2. The van der Waals surface area contributed by atoms with Crippen LogP contribution in [0.2, 0.25) is 0 Å². The van der Waals surface area contributed by atoms with Crippen molar-refractivity contribution in [2.75, 3.05) is 6.61 Å². The lowest BCUT2D eigenvalue weighted by Gasteiger charge is -2.41. The van der Waals surface area contributed by atoms with Crippen molar-refractivity contribution in [2.24, 2.45) is 15.9 Å². The van der Waals surface area contributed by atoms with Gasteiger partial charge in [0.25, 0.3) is 0 Å². The second-order valence-corrected chi connectivity index (χ2v) is 8.06. The molecule has 0 aromatic heterocycles. The number of rotatable bonds is 6. The third-order valence-corrected chi connectivity index (χ3v) is 5.87. The van der Waals surface area contributed by atoms with Crippen molar-refractivity contribution >= 4 is 12.1 Å². The maximum Gasteiger partial charge on any atom is 0.243 e. The first kappa shape index (κ1) is 21.5. The Labute approximate surface area is 187 Å². The highest BCUT2D eigenvalue weighted by Crippen LogP contribution is 2.43. The molecule has 0 bridgehead atoms. The number of ether oxygens (including phenoxy) is 1. The van der Waals surface area contributed by atoms with Gasteiger partial charge in [-0.25, -0.2) is 4.90 Å². The van der Waals surface area contributed by atoms with E-state index in [4.69, 9.17) is 9.73 Å². The number of fused-ring (bicyclic) bond motifs is 1. The van der Waals surface area contributed by atoms with E-state index in [1.807, 2.05) is 67.0 Å². The topological polar surface area (TPSA) is 78.8 Å². The lowest BCUT2D eigenvalue weighted by atomic mass is 9.69. The van der Waals surface area contributed by atoms with Crippen molar-refractivity contribution in [3.63, 3.8) is 0 Å². The number of halogens is 1. The summed E-state index contributed by atoms with van der Waals surface area (Å²) in [5.74, 6) is 1.81. The third kappa shape index (κ3) is 4.20. The van der Waals surface area contributed by atoms with E-state index >= 15 is 0 Å². The smallest absolute Gasteiger partial charge is 0.243 e. The van der Waals surface area contributed by atoms with E-state index in [1.165, 1.54) is 0 Å². The summed E-state index contributed by atoms with van der Waals surface area (Å²) >= 11 is 0. The average Bonchev–Trinajstić information content (AvgIpc) is 3.16. The second kappa shape index (κ2) is 8.77. The van der Waals surface area contributed by atoms with Crippen LogP contribution in [0.4, 0.5) is 0 Å². The number of hydrogen-bond acceptors (Lipinski definition) is 5. The zero-order chi connectivity index (χ0) is 20.6. The molecule has 5 rings (SSSR count). The minimum atomic E-state index is -0.983. The Kier molecular flexibility index (Phi) is 6.07. The SMILES string of the molecule is OCC1(O)CC(C2=C3C=NC=C[NH+]3C(c3cccc(OCc4ccccc4)c3)=N2)C1.[Cl-]. The van der Waals surface area contributed by atoms with Gasteiger partial charge < -0.3 is 27.4 Å². The van der Waals surface area contributed by atoms with Crippen LogP contribution in [0.1, 0.15) is 24.0 Å². The summed E-state index contributed by atoms with van der Waals surface area (Å²) in [5, 5.41) is 19.6. The highest BCUT2D eigenvalue weighted by molar-refractivity contribution is 5.98. The fraction of sp³-hybridized carbons (Fsp3) is 0.250. The van der Waals surface area contributed by atoms with E-state index < -0.39 is 5.60 Å². The van der Waals surface area contributed by atoms with Crippen LogP contribution in [0.5, 0.6) is 5.75 Å². The molecule has 1 unspecified atom stereocenters. The summed E-state index contributed by atoms with van der Waals surface area (Å²) in [6.45, 7) is 0.296. The predicted molar refractivity (Wildman–Crippen MR) is 114 cm³/mol. The van der Waals surface area contributed by atoms with Crippen LogP contribution in [-0.2, 0) is 6.61 Å². The Bertz CT molecular complexity index is 1070. The van der Waals surface area contributed by atoms with Crippen LogP contribution in [0.25, 0.3) is 0 Å². The molecule has 3 N–H and O–H groups in total. The lowest BCUT2D eigenvalue weighted by Crippen LogP contribution is -3.08. The molecule has 1 fully saturated rings. The summed E-state index contributed by atoms with van der Waals surface area (Å²) in [6.07, 6.45) is 6.63. The number of aliphatic hydroxyl groups excluding tert-OH is 1. The molecule has 7 heteroatoms. The zero-order valence-corrected chi connectivity index (χ0v) is 17.7. The van der Waals surface area contributed by atoms with Crippen LogP contribution in [0.3, 0.4) is 0 Å². The normalized spacial score (nSPS) is 26.1. The molecule has 0 radical (unpaired) electrons. The van der Waals surface area contributed by atoms with Gasteiger partial charge in [0.05, 0.1) is 30.2 Å². The number of aliphatic hydroxyl groups is 2. The van der Waals surface area contributed by atoms with E-state index in [0.717, 1.165) is 39.0 Å². The van der Waals surface area contributed by atoms with Crippen molar-refractivity contribution in [1.29, 1.82) is 0 Å². The summed E-state index contributed by atoms with van der Waals surface area (Å²) in [5.41, 5.74) is 3.08. The van der Waals surface area contributed by atoms with Gasteiger partial charge in [0.2, 0.25) is 5.84 Å². The molecule has 2 aliphatic heterocycles. The number of allylic oxidation sites excluding steroid dienone is 2. The Morgan fingerprint density at radius 1 is 1.10 bits per heavy atom. The van der Waals surface area contributed by atoms with Gasteiger partial charge in [-0.05, 0) is 36.6 Å². The Morgan fingerprint density at radius 2 is 1.90 bits per heavy atom. The van der Waals surface area contributed by atoms with Crippen molar-refractivity contribution in [3.8, 4) is 5.75 Å². The van der Waals surface area contributed by atoms with Gasteiger partial charge in [-0.3, -0.25) is 4.99 Å². The summed E-state index contributed by atoms with van der Waals surface area (Å²) in [4.78, 5) is 10.3. The van der Waals surface area contributed by atoms with Gasteiger partial charge in [-0.1, -0.05) is 36.4 Å². The number of quaternary nitrogens is 1. The van der Waals surface area contributed by atoms with Crippen LogP contribution < -0.4 is 22.0 Å². The third-order valence-electron chi connectivity index (χ3n) is 5.87. The Morgan fingerprint density at radius 3 is 2.68 bits per heavy atom. The van der Waals surface area contributed by atoms with Crippen molar-refractivity contribution in [2.45, 2.75) is 25.0 Å². The summed E-state index contributed by atoms with van der Waals surface area (Å²) < 4.78 is 5.99. The largest absolute Gasteiger partial charge is 1.00 e. The number of amidine groups is 1. The van der Waals surface area contributed by atoms with Crippen LogP contribution in [0, 0.1) is 5.92 Å². The maximum absolute atomic E-state index is 10.2. The van der Waals surface area contributed by atoms with Crippen molar-refractivity contribution < 1.29 is 32.3 Å². The number of benzene rings is 2. The first-order chi connectivity index (χ1) is 14.6. The molecule has 1 saturated carbocycles. The molecule has 0 saturated heterocycles. The molecular formula is C24H24ClN3O3. The average molecular weight is 438 g/mol. The van der Waals surface area contributed by atoms with Gasteiger partial charge in [0, 0.05) is 5.92 Å². The van der Waals surface area contributed by atoms with Crippen LogP contribution in [0.15, 0.2) is 88.4 Å². The number of nitrogens with one attached hydrogen (secondary N) is 1. The molecule has 1 aliphatic carbocycles. The van der Waals surface area contributed by atoms with E-state index in [2.05, 4.69) is 4.99 Å². The monoisotopic (exact) mass is 437 g/mol. The molecular weight excluding hydrogens is 414 g/mol. The van der Waals surface area contributed by atoms with Crippen molar-refractivity contribution in [3.05, 3.63) is 89.5 Å². The van der Waals surface area contributed by atoms with Gasteiger partial charge in [0.1, 0.15) is 24.3 Å². The molecule has 0 spiro atoms. The molecule has 6 nitrogen and oxygen atoms in total. The molecule has 2 heterocycles. The van der Waals surface area contributed by atoms with Gasteiger partial charge in [-0.2, -0.15) is 4.99 Å². The summed E-state index contributed by atoms with van der Waals surface area (Å²) in [6, 6.07) is 18.1. The van der Waals surface area contributed by atoms with Crippen LogP contribution >= 0.6 is 0 Å². The van der Waals surface area contributed by atoms with E-state index in [-0.39, 0.29) is 24.9 Å². The quantitative estimate of drug-likeness (QED) is 0.532. The van der Waals surface area contributed by atoms with Gasteiger partial charge in [0.15, 0.2) is 5.70 Å².